The summed E-state index contributed by atoms with van der Waals surface area (Å²) in [5.74, 6) is 1.39. The maximum absolute atomic E-state index is 9.39. The Balaban J connectivity index is 1.91. The summed E-state index contributed by atoms with van der Waals surface area (Å²) in [5.41, 5.74) is 3.45. The molecule has 4 nitrogen and oxygen atoms in total. The van der Waals surface area contributed by atoms with Gasteiger partial charge in [0.25, 0.3) is 0 Å². The molecule has 1 N–H and O–H groups in total. The molecule has 0 radical (unpaired) electrons. The molecule has 1 aromatic heterocycles. The molecule has 0 aliphatic heterocycles. The number of rotatable bonds is 5. The number of pyridine rings is 1. The van der Waals surface area contributed by atoms with Gasteiger partial charge in [-0.2, -0.15) is 5.26 Å². The third-order valence-electron chi connectivity index (χ3n) is 4.05. The number of ether oxygens (including phenoxy) is 1. The first kappa shape index (κ1) is 16.5. The van der Waals surface area contributed by atoms with E-state index in [4.69, 9.17) is 4.74 Å². The summed E-state index contributed by atoms with van der Waals surface area (Å²) in [6.07, 6.45) is 0. The van der Waals surface area contributed by atoms with Gasteiger partial charge in [0.2, 0.25) is 0 Å². The number of benzene rings is 2. The normalized spacial score (nSPS) is 11.4. The Morgan fingerprint density at radius 3 is 2.36 bits per heavy atom. The van der Waals surface area contributed by atoms with Crippen molar-refractivity contribution in [3.8, 4) is 23.1 Å². The van der Waals surface area contributed by atoms with Gasteiger partial charge in [0, 0.05) is 11.6 Å². The van der Waals surface area contributed by atoms with E-state index in [1.807, 2.05) is 48.5 Å². The van der Waals surface area contributed by atoms with E-state index in [2.05, 4.69) is 35.4 Å². The van der Waals surface area contributed by atoms with Crippen LogP contribution < -0.4 is 10.1 Å². The zero-order valence-electron chi connectivity index (χ0n) is 14.2. The van der Waals surface area contributed by atoms with Gasteiger partial charge in [0.15, 0.2) is 0 Å². The molecule has 0 saturated carbocycles. The zero-order chi connectivity index (χ0) is 17.6. The Bertz CT molecular complexity index is 883. The lowest BCUT2D eigenvalue weighted by Crippen LogP contribution is -2.09. The van der Waals surface area contributed by atoms with Crippen molar-refractivity contribution in [1.82, 2.24) is 4.98 Å². The summed E-state index contributed by atoms with van der Waals surface area (Å²) in [4.78, 5) is 4.66. The molecule has 3 aromatic rings. The van der Waals surface area contributed by atoms with Gasteiger partial charge in [0.05, 0.1) is 18.4 Å². The molecule has 2 aromatic carbocycles. The average molecular weight is 329 g/mol. The number of hydrogen-bond donors (Lipinski definition) is 1. The minimum atomic E-state index is 0.0481. The van der Waals surface area contributed by atoms with Crippen LogP contribution in [-0.4, -0.2) is 12.1 Å². The smallest absolute Gasteiger partial charge is 0.145 e. The second kappa shape index (κ2) is 7.50. The van der Waals surface area contributed by atoms with E-state index in [0.29, 0.717) is 11.4 Å². The molecule has 0 aliphatic carbocycles. The largest absolute Gasteiger partial charge is 0.497 e. The van der Waals surface area contributed by atoms with Crippen LogP contribution in [0.5, 0.6) is 5.75 Å². The van der Waals surface area contributed by atoms with Crippen LogP contribution in [0.3, 0.4) is 0 Å². The second-order valence-electron chi connectivity index (χ2n) is 5.71. The zero-order valence-corrected chi connectivity index (χ0v) is 14.2. The fourth-order valence-corrected chi connectivity index (χ4v) is 2.61. The number of nitrogens with one attached hydrogen (secondary N) is 1. The van der Waals surface area contributed by atoms with Gasteiger partial charge >= 0.3 is 0 Å². The third kappa shape index (κ3) is 3.78. The lowest BCUT2D eigenvalue weighted by molar-refractivity contribution is 0.415. The van der Waals surface area contributed by atoms with Crippen LogP contribution in [0.25, 0.3) is 11.3 Å². The van der Waals surface area contributed by atoms with Crippen LogP contribution >= 0.6 is 0 Å². The van der Waals surface area contributed by atoms with E-state index >= 15 is 0 Å². The number of aromatic nitrogens is 1. The Kier molecular flexibility index (Phi) is 4.96. The second-order valence-corrected chi connectivity index (χ2v) is 5.71. The van der Waals surface area contributed by atoms with Gasteiger partial charge in [0.1, 0.15) is 17.6 Å². The summed E-state index contributed by atoms with van der Waals surface area (Å²) < 4.78 is 5.19. The molecule has 0 fully saturated rings. The van der Waals surface area contributed by atoms with Crippen molar-refractivity contribution in [2.75, 3.05) is 12.4 Å². The topological polar surface area (TPSA) is 57.9 Å². The van der Waals surface area contributed by atoms with E-state index < -0.39 is 0 Å². The highest BCUT2D eigenvalue weighted by atomic mass is 16.5. The molecule has 4 heteroatoms. The van der Waals surface area contributed by atoms with Crippen molar-refractivity contribution < 1.29 is 4.74 Å². The monoisotopic (exact) mass is 329 g/mol. The standard InChI is InChI=1S/C21H19N3O/c1-15(16-6-4-3-5-7-16)23-21-18(14-22)10-13-20(24-21)17-8-11-19(25-2)12-9-17/h3-13,15H,1-2H3,(H,23,24)/t15-/m0/s1. The number of hydrogen-bond acceptors (Lipinski definition) is 4. The summed E-state index contributed by atoms with van der Waals surface area (Å²) >= 11 is 0. The molecule has 0 amide bonds. The minimum Gasteiger partial charge on any atom is -0.497 e. The number of methoxy groups -OCH3 is 1. The number of anilines is 1. The summed E-state index contributed by atoms with van der Waals surface area (Å²) in [6, 6.07) is 23.7. The molecular formula is C21H19N3O. The first-order chi connectivity index (χ1) is 12.2. The minimum absolute atomic E-state index is 0.0481. The van der Waals surface area contributed by atoms with Crippen molar-refractivity contribution in [2.45, 2.75) is 13.0 Å². The molecule has 0 saturated heterocycles. The number of nitriles is 1. The fraction of sp³-hybridized carbons (Fsp3) is 0.143. The number of nitrogens with zero attached hydrogens (tertiary/aromatic N) is 2. The highest BCUT2D eigenvalue weighted by Crippen LogP contribution is 2.26. The summed E-state index contributed by atoms with van der Waals surface area (Å²) in [5, 5.41) is 12.7. The highest BCUT2D eigenvalue weighted by molar-refractivity contribution is 5.65. The summed E-state index contributed by atoms with van der Waals surface area (Å²) in [6.45, 7) is 2.05. The molecule has 1 heterocycles. The van der Waals surface area contributed by atoms with E-state index in [9.17, 15) is 5.26 Å². The molecule has 25 heavy (non-hydrogen) atoms. The van der Waals surface area contributed by atoms with E-state index in [0.717, 1.165) is 22.6 Å². The molecule has 124 valence electrons. The Hall–Kier alpha value is -3.32. The van der Waals surface area contributed by atoms with Gasteiger partial charge in [-0.25, -0.2) is 4.98 Å². The Labute approximate surface area is 147 Å². The van der Waals surface area contributed by atoms with E-state index in [1.54, 1.807) is 13.2 Å². The average Bonchev–Trinajstić information content (AvgIpc) is 2.68. The van der Waals surface area contributed by atoms with Crippen LogP contribution in [0.15, 0.2) is 66.7 Å². The fourth-order valence-electron chi connectivity index (χ4n) is 2.61. The lowest BCUT2D eigenvalue weighted by Gasteiger charge is -2.16. The Morgan fingerprint density at radius 1 is 1.00 bits per heavy atom. The predicted octanol–water partition coefficient (Wildman–Crippen LogP) is 4.80. The maximum Gasteiger partial charge on any atom is 0.145 e. The van der Waals surface area contributed by atoms with Crippen molar-refractivity contribution in [1.29, 1.82) is 5.26 Å². The molecule has 0 unspecified atom stereocenters. The van der Waals surface area contributed by atoms with Crippen LogP contribution in [0, 0.1) is 11.3 Å². The van der Waals surface area contributed by atoms with E-state index in [1.165, 1.54) is 0 Å². The molecule has 3 rings (SSSR count). The van der Waals surface area contributed by atoms with Crippen LogP contribution in [0.2, 0.25) is 0 Å². The van der Waals surface area contributed by atoms with Gasteiger partial charge in [-0.1, -0.05) is 30.3 Å². The molecule has 0 spiro atoms. The summed E-state index contributed by atoms with van der Waals surface area (Å²) in [7, 11) is 1.64. The van der Waals surface area contributed by atoms with Gasteiger partial charge in [-0.3, -0.25) is 0 Å². The van der Waals surface area contributed by atoms with Gasteiger partial charge in [-0.05, 0) is 48.9 Å². The first-order valence-corrected chi connectivity index (χ1v) is 8.08. The van der Waals surface area contributed by atoms with Crippen LogP contribution in [-0.2, 0) is 0 Å². The predicted molar refractivity (Wildman–Crippen MR) is 99.4 cm³/mol. The van der Waals surface area contributed by atoms with Crippen LogP contribution in [0.4, 0.5) is 5.82 Å². The quantitative estimate of drug-likeness (QED) is 0.730. The highest BCUT2D eigenvalue weighted by Gasteiger charge is 2.11. The Morgan fingerprint density at radius 2 is 1.72 bits per heavy atom. The van der Waals surface area contributed by atoms with Crippen molar-refractivity contribution in [3.05, 3.63) is 77.9 Å². The van der Waals surface area contributed by atoms with Crippen molar-refractivity contribution in [3.63, 3.8) is 0 Å². The third-order valence-corrected chi connectivity index (χ3v) is 4.05. The first-order valence-electron chi connectivity index (χ1n) is 8.08. The molecule has 0 aliphatic rings. The molecule has 0 bridgehead atoms. The van der Waals surface area contributed by atoms with Crippen molar-refractivity contribution in [2.24, 2.45) is 0 Å². The van der Waals surface area contributed by atoms with Crippen LogP contribution in [0.1, 0.15) is 24.1 Å². The molecule has 1 atom stereocenters. The molecular weight excluding hydrogens is 310 g/mol. The van der Waals surface area contributed by atoms with Gasteiger partial charge in [-0.15, -0.1) is 0 Å². The maximum atomic E-state index is 9.39. The van der Waals surface area contributed by atoms with E-state index in [-0.39, 0.29) is 6.04 Å². The van der Waals surface area contributed by atoms with Gasteiger partial charge < -0.3 is 10.1 Å². The van der Waals surface area contributed by atoms with Crippen molar-refractivity contribution >= 4 is 5.82 Å². The lowest BCUT2D eigenvalue weighted by atomic mass is 10.1. The SMILES string of the molecule is COc1ccc(-c2ccc(C#N)c(N[C@@H](C)c3ccccc3)n2)cc1.